The van der Waals surface area contributed by atoms with Crippen LogP contribution in [0.2, 0.25) is 0 Å². The second kappa shape index (κ2) is 6.81. The van der Waals surface area contributed by atoms with Crippen molar-refractivity contribution in [2.24, 2.45) is 5.73 Å². The highest BCUT2D eigenvalue weighted by atomic mass is 79.9. The van der Waals surface area contributed by atoms with Gasteiger partial charge >= 0.3 is 0 Å². The molecule has 3 N–H and O–H groups in total. The Balaban J connectivity index is 2.11. The number of thiocarbonyl (C=S) groups is 1. The highest BCUT2D eigenvalue weighted by Gasteiger charge is 2.05. The van der Waals surface area contributed by atoms with Gasteiger partial charge in [-0.2, -0.15) is 0 Å². The zero-order valence-electron chi connectivity index (χ0n) is 11.2. The van der Waals surface area contributed by atoms with Crippen LogP contribution in [0, 0.1) is 0 Å². The number of aromatic nitrogens is 1. The monoisotopic (exact) mass is 349 g/mol. The molecule has 20 heavy (non-hydrogen) atoms. The number of nitrogens with zero attached hydrogens (tertiary/aromatic N) is 1. The first kappa shape index (κ1) is 14.9. The lowest BCUT2D eigenvalue weighted by Crippen LogP contribution is -2.10. The van der Waals surface area contributed by atoms with E-state index in [0.29, 0.717) is 11.5 Å². The highest BCUT2D eigenvalue weighted by Crippen LogP contribution is 2.22. The Morgan fingerprint density at radius 2 is 2.20 bits per heavy atom. The van der Waals surface area contributed by atoms with Crippen molar-refractivity contribution in [2.75, 3.05) is 5.32 Å². The number of nitrogens with one attached hydrogen (secondary N) is 1. The highest BCUT2D eigenvalue weighted by molar-refractivity contribution is 9.10. The van der Waals surface area contributed by atoms with Crippen LogP contribution in [0.4, 0.5) is 5.69 Å². The van der Waals surface area contributed by atoms with Gasteiger partial charge in [-0.25, -0.2) is 0 Å². The van der Waals surface area contributed by atoms with Crippen LogP contribution in [0.5, 0.6) is 0 Å². The van der Waals surface area contributed by atoms with Crippen molar-refractivity contribution in [1.29, 1.82) is 0 Å². The van der Waals surface area contributed by atoms with Crippen molar-refractivity contribution in [1.82, 2.24) is 4.98 Å². The SMILES string of the molecule is CCc1cccnc1CNc1ccc(C(N)=S)c(Br)c1. The van der Waals surface area contributed by atoms with Crippen LogP contribution < -0.4 is 11.1 Å². The molecule has 0 saturated heterocycles. The molecule has 104 valence electrons. The molecule has 5 heteroatoms. The Labute approximate surface area is 132 Å². The van der Waals surface area contributed by atoms with Crippen molar-refractivity contribution >= 4 is 38.8 Å². The molecule has 0 fully saturated rings. The Morgan fingerprint density at radius 3 is 2.85 bits per heavy atom. The summed E-state index contributed by atoms with van der Waals surface area (Å²) in [7, 11) is 0. The Morgan fingerprint density at radius 1 is 1.40 bits per heavy atom. The van der Waals surface area contributed by atoms with E-state index in [2.05, 4.69) is 39.2 Å². The molecule has 0 spiro atoms. The molecule has 2 aromatic rings. The fourth-order valence-corrected chi connectivity index (χ4v) is 2.86. The first-order valence-electron chi connectivity index (χ1n) is 6.37. The molecule has 0 aliphatic heterocycles. The molecule has 0 amide bonds. The second-order valence-corrected chi connectivity index (χ2v) is 5.67. The zero-order valence-corrected chi connectivity index (χ0v) is 13.6. The molecule has 0 bridgehead atoms. The topological polar surface area (TPSA) is 50.9 Å². The first-order valence-corrected chi connectivity index (χ1v) is 7.58. The molecule has 0 atom stereocenters. The predicted molar refractivity (Wildman–Crippen MR) is 91.0 cm³/mol. The summed E-state index contributed by atoms with van der Waals surface area (Å²) < 4.78 is 0.895. The molecular weight excluding hydrogens is 334 g/mol. The molecule has 1 aromatic heterocycles. The lowest BCUT2D eigenvalue weighted by Gasteiger charge is -2.11. The number of rotatable bonds is 5. The van der Waals surface area contributed by atoms with E-state index in [4.69, 9.17) is 18.0 Å². The number of pyridine rings is 1. The molecular formula is C15H16BrN3S. The summed E-state index contributed by atoms with van der Waals surface area (Å²) in [6.07, 6.45) is 2.80. The number of hydrogen-bond acceptors (Lipinski definition) is 3. The van der Waals surface area contributed by atoms with E-state index in [-0.39, 0.29) is 0 Å². The number of nitrogens with two attached hydrogens (primary N) is 1. The zero-order chi connectivity index (χ0) is 14.5. The third-order valence-electron chi connectivity index (χ3n) is 3.06. The van der Waals surface area contributed by atoms with Gasteiger partial charge in [0, 0.05) is 21.9 Å². The summed E-state index contributed by atoms with van der Waals surface area (Å²) in [5.74, 6) is 0. The minimum absolute atomic E-state index is 0.390. The Kier molecular flexibility index (Phi) is 5.09. The van der Waals surface area contributed by atoms with Crippen molar-refractivity contribution in [3.8, 4) is 0 Å². The maximum atomic E-state index is 5.64. The van der Waals surface area contributed by atoms with Crippen LogP contribution in [0.15, 0.2) is 41.0 Å². The number of benzene rings is 1. The molecule has 1 aromatic carbocycles. The van der Waals surface area contributed by atoms with Crippen molar-refractivity contribution < 1.29 is 0 Å². The third-order valence-corrected chi connectivity index (χ3v) is 3.94. The minimum atomic E-state index is 0.390. The molecule has 2 rings (SSSR count). The molecule has 1 heterocycles. The Bertz CT molecular complexity index is 628. The van der Waals surface area contributed by atoms with E-state index >= 15 is 0 Å². The summed E-state index contributed by atoms with van der Waals surface area (Å²) >= 11 is 8.46. The van der Waals surface area contributed by atoms with Gasteiger partial charge in [-0.3, -0.25) is 4.98 Å². The van der Waals surface area contributed by atoms with Gasteiger partial charge in [-0.15, -0.1) is 0 Å². The molecule has 0 aliphatic rings. The van der Waals surface area contributed by atoms with Crippen LogP contribution in [0.25, 0.3) is 0 Å². The van der Waals surface area contributed by atoms with Crippen LogP contribution >= 0.6 is 28.1 Å². The lowest BCUT2D eigenvalue weighted by atomic mass is 10.1. The maximum absolute atomic E-state index is 5.64. The molecule has 0 saturated carbocycles. The summed E-state index contributed by atoms with van der Waals surface area (Å²) in [6, 6.07) is 9.93. The lowest BCUT2D eigenvalue weighted by molar-refractivity contribution is 0.972. The first-order chi connectivity index (χ1) is 9.61. The van der Waals surface area contributed by atoms with Crippen molar-refractivity contribution in [2.45, 2.75) is 19.9 Å². The molecule has 0 aliphatic carbocycles. The van der Waals surface area contributed by atoms with E-state index in [1.165, 1.54) is 5.56 Å². The molecule has 0 radical (unpaired) electrons. The van der Waals surface area contributed by atoms with Crippen molar-refractivity contribution in [3.05, 3.63) is 57.8 Å². The van der Waals surface area contributed by atoms with Gasteiger partial charge < -0.3 is 11.1 Å². The number of anilines is 1. The average Bonchev–Trinajstić information content (AvgIpc) is 2.45. The third kappa shape index (κ3) is 3.55. The predicted octanol–water partition coefficient (Wildman–Crippen LogP) is 3.65. The van der Waals surface area contributed by atoms with E-state index in [0.717, 1.165) is 27.8 Å². The van der Waals surface area contributed by atoms with Crippen LogP contribution in [-0.4, -0.2) is 9.97 Å². The van der Waals surface area contributed by atoms with Crippen LogP contribution in [0.3, 0.4) is 0 Å². The number of aryl methyl sites for hydroxylation is 1. The summed E-state index contributed by atoms with van der Waals surface area (Å²) in [4.78, 5) is 4.81. The van der Waals surface area contributed by atoms with Crippen molar-refractivity contribution in [3.63, 3.8) is 0 Å². The fraction of sp³-hybridized carbons (Fsp3) is 0.200. The molecule has 0 unspecified atom stereocenters. The standard InChI is InChI=1S/C15H16BrN3S/c1-2-10-4-3-7-18-14(10)9-19-11-5-6-12(15(17)20)13(16)8-11/h3-8,19H,2,9H2,1H3,(H2,17,20). The van der Waals surface area contributed by atoms with Crippen LogP contribution in [-0.2, 0) is 13.0 Å². The largest absolute Gasteiger partial charge is 0.389 e. The molecule has 3 nitrogen and oxygen atoms in total. The van der Waals surface area contributed by atoms with E-state index in [1.54, 1.807) is 0 Å². The van der Waals surface area contributed by atoms with E-state index < -0.39 is 0 Å². The van der Waals surface area contributed by atoms with Gasteiger partial charge in [0.15, 0.2) is 0 Å². The average molecular weight is 350 g/mol. The summed E-state index contributed by atoms with van der Waals surface area (Å²) in [5, 5.41) is 3.37. The van der Waals surface area contributed by atoms with Crippen LogP contribution in [0.1, 0.15) is 23.7 Å². The fourth-order valence-electron chi connectivity index (χ4n) is 1.96. The van der Waals surface area contributed by atoms with Gasteiger partial charge in [0.25, 0.3) is 0 Å². The summed E-state index contributed by atoms with van der Waals surface area (Å²) in [5.41, 5.74) is 9.82. The smallest absolute Gasteiger partial charge is 0.105 e. The minimum Gasteiger partial charge on any atom is -0.389 e. The van der Waals surface area contributed by atoms with Gasteiger partial charge in [-0.1, -0.05) is 25.2 Å². The van der Waals surface area contributed by atoms with Gasteiger partial charge in [-0.05, 0) is 52.2 Å². The normalized spacial score (nSPS) is 10.3. The van der Waals surface area contributed by atoms with E-state index in [1.807, 2.05) is 30.5 Å². The van der Waals surface area contributed by atoms with Gasteiger partial charge in [0.05, 0.1) is 12.2 Å². The maximum Gasteiger partial charge on any atom is 0.105 e. The summed E-state index contributed by atoms with van der Waals surface area (Å²) in [6.45, 7) is 2.83. The quantitative estimate of drug-likeness (QED) is 0.809. The number of hydrogen-bond donors (Lipinski definition) is 2. The number of halogens is 1. The van der Waals surface area contributed by atoms with E-state index in [9.17, 15) is 0 Å². The second-order valence-electron chi connectivity index (χ2n) is 4.38. The van der Waals surface area contributed by atoms with Gasteiger partial charge in [0.1, 0.15) is 4.99 Å². The Hall–Kier alpha value is -1.46. The van der Waals surface area contributed by atoms with Gasteiger partial charge in [0.2, 0.25) is 0 Å².